The second-order valence-electron chi connectivity index (χ2n) is 3.73. The van der Waals surface area contributed by atoms with Crippen LogP contribution in [0.2, 0.25) is 15.1 Å². The maximum Gasteiger partial charge on any atom is 0.147 e. The van der Waals surface area contributed by atoms with Gasteiger partial charge in [-0.1, -0.05) is 34.8 Å². The van der Waals surface area contributed by atoms with Gasteiger partial charge < -0.3 is 14.8 Å². The zero-order valence-corrected chi connectivity index (χ0v) is 11.3. The standard InChI is InChI=1S/C11H12Cl3NO2/c12-8-3-10(14)11(4-9(8)13)15-5-7-1-2-16-6-17-7/h3-4,7,15H,1-2,5-6H2. The van der Waals surface area contributed by atoms with Gasteiger partial charge in [0, 0.05) is 6.54 Å². The largest absolute Gasteiger partial charge is 0.381 e. The molecule has 0 radical (unpaired) electrons. The van der Waals surface area contributed by atoms with Crippen molar-refractivity contribution >= 4 is 40.5 Å². The van der Waals surface area contributed by atoms with Crippen LogP contribution in [0.1, 0.15) is 6.42 Å². The van der Waals surface area contributed by atoms with Crippen molar-refractivity contribution in [2.24, 2.45) is 0 Å². The van der Waals surface area contributed by atoms with E-state index in [9.17, 15) is 0 Å². The molecule has 1 atom stereocenters. The lowest BCUT2D eigenvalue weighted by Crippen LogP contribution is -2.30. The number of hydrogen-bond donors (Lipinski definition) is 1. The molecule has 0 bridgehead atoms. The highest BCUT2D eigenvalue weighted by molar-refractivity contribution is 6.44. The van der Waals surface area contributed by atoms with Gasteiger partial charge in [0.25, 0.3) is 0 Å². The second kappa shape index (κ2) is 6.12. The van der Waals surface area contributed by atoms with Crippen LogP contribution in [0.4, 0.5) is 5.69 Å². The molecule has 94 valence electrons. The van der Waals surface area contributed by atoms with Crippen LogP contribution >= 0.6 is 34.8 Å². The first-order valence-corrected chi connectivity index (χ1v) is 6.38. The Kier molecular flexibility index (Phi) is 4.77. The van der Waals surface area contributed by atoms with Crippen LogP contribution in [-0.4, -0.2) is 26.0 Å². The van der Waals surface area contributed by atoms with Crippen molar-refractivity contribution in [1.82, 2.24) is 0 Å². The van der Waals surface area contributed by atoms with Gasteiger partial charge in [0.05, 0.1) is 33.5 Å². The molecule has 1 heterocycles. The van der Waals surface area contributed by atoms with Crippen LogP contribution < -0.4 is 5.32 Å². The Balaban J connectivity index is 1.96. The number of anilines is 1. The van der Waals surface area contributed by atoms with Crippen LogP contribution in [0, 0.1) is 0 Å². The van der Waals surface area contributed by atoms with Gasteiger partial charge in [0.1, 0.15) is 6.79 Å². The number of hydrogen-bond acceptors (Lipinski definition) is 3. The molecule has 0 spiro atoms. The lowest BCUT2D eigenvalue weighted by molar-refractivity contribution is -0.133. The average molecular weight is 297 g/mol. The smallest absolute Gasteiger partial charge is 0.147 e. The van der Waals surface area contributed by atoms with Crippen LogP contribution in [0.3, 0.4) is 0 Å². The fourth-order valence-corrected chi connectivity index (χ4v) is 2.16. The summed E-state index contributed by atoms with van der Waals surface area (Å²) >= 11 is 17.8. The number of ether oxygens (including phenoxy) is 2. The summed E-state index contributed by atoms with van der Waals surface area (Å²) in [6.45, 7) is 1.74. The van der Waals surface area contributed by atoms with E-state index in [0.717, 1.165) is 18.7 Å². The van der Waals surface area contributed by atoms with E-state index < -0.39 is 0 Å². The minimum Gasteiger partial charge on any atom is -0.381 e. The highest BCUT2D eigenvalue weighted by atomic mass is 35.5. The van der Waals surface area contributed by atoms with Gasteiger partial charge in [0.15, 0.2) is 0 Å². The van der Waals surface area contributed by atoms with E-state index in [4.69, 9.17) is 44.3 Å². The molecule has 1 aliphatic rings. The van der Waals surface area contributed by atoms with Crippen LogP contribution in [0.15, 0.2) is 12.1 Å². The van der Waals surface area contributed by atoms with Gasteiger partial charge in [-0.05, 0) is 18.6 Å². The summed E-state index contributed by atoms with van der Waals surface area (Å²) in [5.74, 6) is 0. The van der Waals surface area contributed by atoms with Crippen molar-refractivity contribution in [3.8, 4) is 0 Å². The normalized spacial score (nSPS) is 20.3. The van der Waals surface area contributed by atoms with Crippen molar-refractivity contribution < 1.29 is 9.47 Å². The third-order valence-corrected chi connectivity index (χ3v) is 3.54. The van der Waals surface area contributed by atoms with Crippen molar-refractivity contribution in [1.29, 1.82) is 0 Å². The molecule has 0 saturated carbocycles. The molecule has 1 aromatic rings. The lowest BCUT2D eigenvalue weighted by atomic mass is 10.2. The molecule has 1 aliphatic heterocycles. The van der Waals surface area contributed by atoms with E-state index in [0.29, 0.717) is 28.4 Å². The Morgan fingerprint density at radius 3 is 2.65 bits per heavy atom. The van der Waals surface area contributed by atoms with Crippen molar-refractivity contribution in [2.75, 3.05) is 25.3 Å². The van der Waals surface area contributed by atoms with Gasteiger partial charge >= 0.3 is 0 Å². The van der Waals surface area contributed by atoms with Crippen molar-refractivity contribution in [2.45, 2.75) is 12.5 Å². The van der Waals surface area contributed by atoms with E-state index in [2.05, 4.69) is 5.32 Å². The molecule has 1 saturated heterocycles. The topological polar surface area (TPSA) is 30.5 Å². The third-order valence-electron chi connectivity index (χ3n) is 2.50. The first kappa shape index (κ1) is 13.2. The molecule has 1 aromatic carbocycles. The second-order valence-corrected chi connectivity index (χ2v) is 4.95. The first-order valence-electron chi connectivity index (χ1n) is 5.24. The van der Waals surface area contributed by atoms with E-state index in [-0.39, 0.29) is 6.10 Å². The predicted octanol–water partition coefficient (Wildman–Crippen LogP) is 3.82. The fraction of sp³-hybridized carbons (Fsp3) is 0.455. The van der Waals surface area contributed by atoms with E-state index in [1.54, 1.807) is 12.1 Å². The number of benzene rings is 1. The summed E-state index contributed by atoms with van der Waals surface area (Å²) in [4.78, 5) is 0. The number of halogens is 3. The quantitative estimate of drug-likeness (QED) is 0.860. The molecule has 1 unspecified atom stereocenters. The average Bonchev–Trinajstić information content (AvgIpc) is 2.33. The fourth-order valence-electron chi connectivity index (χ4n) is 1.54. The molecule has 2 rings (SSSR count). The highest BCUT2D eigenvalue weighted by Crippen LogP contribution is 2.32. The maximum absolute atomic E-state index is 6.05. The van der Waals surface area contributed by atoms with E-state index >= 15 is 0 Å². The molecule has 0 aliphatic carbocycles. The Labute approximate surface area is 115 Å². The van der Waals surface area contributed by atoms with Crippen molar-refractivity contribution in [3.05, 3.63) is 27.2 Å². The van der Waals surface area contributed by atoms with Crippen LogP contribution in [0.25, 0.3) is 0 Å². The Bertz CT molecular complexity index is 395. The Morgan fingerprint density at radius 2 is 1.94 bits per heavy atom. The first-order chi connectivity index (χ1) is 8.16. The molecule has 1 fully saturated rings. The minimum atomic E-state index is 0.134. The van der Waals surface area contributed by atoms with E-state index in [1.165, 1.54) is 0 Å². The van der Waals surface area contributed by atoms with Crippen LogP contribution in [0.5, 0.6) is 0 Å². The van der Waals surface area contributed by atoms with E-state index in [1.807, 2.05) is 0 Å². The zero-order chi connectivity index (χ0) is 12.3. The zero-order valence-electron chi connectivity index (χ0n) is 9.01. The summed E-state index contributed by atoms with van der Waals surface area (Å²) in [6, 6.07) is 3.34. The third kappa shape index (κ3) is 3.63. The lowest BCUT2D eigenvalue weighted by Gasteiger charge is -2.23. The van der Waals surface area contributed by atoms with Gasteiger partial charge in [-0.3, -0.25) is 0 Å². The molecular formula is C11H12Cl3NO2. The summed E-state index contributed by atoms with van der Waals surface area (Å²) < 4.78 is 10.5. The molecule has 3 nitrogen and oxygen atoms in total. The summed E-state index contributed by atoms with van der Waals surface area (Å²) in [5, 5.41) is 4.67. The highest BCUT2D eigenvalue weighted by Gasteiger charge is 2.14. The van der Waals surface area contributed by atoms with Gasteiger partial charge in [-0.2, -0.15) is 0 Å². The van der Waals surface area contributed by atoms with Gasteiger partial charge in [-0.15, -0.1) is 0 Å². The Hall–Kier alpha value is -0.190. The molecule has 0 amide bonds. The minimum absolute atomic E-state index is 0.134. The number of nitrogens with one attached hydrogen (secondary N) is 1. The van der Waals surface area contributed by atoms with Gasteiger partial charge in [-0.25, -0.2) is 0 Å². The Morgan fingerprint density at radius 1 is 1.18 bits per heavy atom. The number of rotatable bonds is 3. The maximum atomic E-state index is 6.05. The summed E-state index contributed by atoms with van der Waals surface area (Å²) in [5.41, 5.74) is 0.760. The molecule has 17 heavy (non-hydrogen) atoms. The monoisotopic (exact) mass is 295 g/mol. The molecular weight excluding hydrogens is 284 g/mol. The molecule has 6 heteroatoms. The predicted molar refractivity (Wildman–Crippen MR) is 70.3 cm³/mol. The molecule has 0 aromatic heterocycles. The van der Waals surface area contributed by atoms with Gasteiger partial charge in [0.2, 0.25) is 0 Å². The van der Waals surface area contributed by atoms with Crippen molar-refractivity contribution in [3.63, 3.8) is 0 Å². The summed E-state index contributed by atoms with van der Waals surface area (Å²) in [7, 11) is 0. The van der Waals surface area contributed by atoms with Crippen LogP contribution in [-0.2, 0) is 9.47 Å². The summed E-state index contributed by atoms with van der Waals surface area (Å²) in [6.07, 6.45) is 1.00. The SMILES string of the molecule is Clc1cc(Cl)c(NCC2CCOCO2)cc1Cl. The molecule has 1 N–H and O–H groups in total.